The topological polar surface area (TPSA) is 105 Å². The number of aromatic nitrogens is 5. The van der Waals surface area contributed by atoms with E-state index in [1.807, 2.05) is 30.3 Å². The molecule has 0 saturated carbocycles. The van der Waals surface area contributed by atoms with Crippen LogP contribution in [0.3, 0.4) is 0 Å². The quantitative estimate of drug-likeness (QED) is 0.482. The van der Waals surface area contributed by atoms with Gasteiger partial charge in [-0.15, -0.1) is 15.3 Å². The molecule has 140 valence electrons. The Kier molecular flexibility index (Phi) is 4.17. The lowest BCUT2D eigenvalue weighted by Crippen LogP contribution is -2.23. The van der Waals surface area contributed by atoms with Crippen molar-refractivity contribution in [3.63, 3.8) is 0 Å². The molecule has 2 aromatic heterocycles. The molecule has 5 rings (SSSR count). The number of hydrogen-bond acceptors (Lipinski definition) is 9. The molecule has 2 aromatic carbocycles. The SMILES string of the molecule is O=c1c2ccccc2nnn1CSc1nnc([C@H]2COc3ccccc3O2)o1. The Bertz CT molecular complexity index is 1210. The van der Waals surface area contributed by atoms with Gasteiger partial charge >= 0.3 is 0 Å². The molecular formula is C18H13N5O4S. The number of para-hydroxylation sites is 2. The van der Waals surface area contributed by atoms with Crippen molar-refractivity contribution in [1.29, 1.82) is 0 Å². The zero-order valence-corrected chi connectivity index (χ0v) is 15.2. The third-order valence-corrected chi connectivity index (χ3v) is 4.93. The summed E-state index contributed by atoms with van der Waals surface area (Å²) < 4.78 is 18.4. The smallest absolute Gasteiger partial charge is 0.278 e. The summed E-state index contributed by atoms with van der Waals surface area (Å²) in [6.07, 6.45) is -0.486. The summed E-state index contributed by atoms with van der Waals surface area (Å²) in [7, 11) is 0. The highest BCUT2D eigenvalue weighted by atomic mass is 32.2. The van der Waals surface area contributed by atoms with Crippen LogP contribution in [0.2, 0.25) is 0 Å². The van der Waals surface area contributed by atoms with Gasteiger partial charge < -0.3 is 13.9 Å². The zero-order chi connectivity index (χ0) is 18.9. The van der Waals surface area contributed by atoms with Crippen LogP contribution in [0.4, 0.5) is 0 Å². The van der Waals surface area contributed by atoms with Gasteiger partial charge in [0.25, 0.3) is 16.7 Å². The van der Waals surface area contributed by atoms with Gasteiger partial charge in [-0.3, -0.25) is 4.79 Å². The maximum absolute atomic E-state index is 12.5. The van der Waals surface area contributed by atoms with Crippen LogP contribution < -0.4 is 15.0 Å². The van der Waals surface area contributed by atoms with Crippen LogP contribution >= 0.6 is 11.8 Å². The number of fused-ring (bicyclic) bond motifs is 2. The van der Waals surface area contributed by atoms with Crippen molar-refractivity contribution < 1.29 is 13.9 Å². The van der Waals surface area contributed by atoms with Gasteiger partial charge in [0.1, 0.15) is 18.0 Å². The Morgan fingerprint density at radius 1 is 1.04 bits per heavy atom. The van der Waals surface area contributed by atoms with Crippen molar-refractivity contribution in [2.45, 2.75) is 17.2 Å². The van der Waals surface area contributed by atoms with Gasteiger partial charge in [-0.05, 0) is 36.0 Å². The number of hydrogen-bond donors (Lipinski definition) is 0. The second-order valence-electron chi connectivity index (χ2n) is 5.96. The van der Waals surface area contributed by atoms with Crippen LogP contribution in [0.1, 0.15) is 12.0 Å². The van der Waals surface area contributed by atoms with Crippen LogP contribution in [0.5, 0.6) is 11.5 Å². The Morgan fingerprint density at radius 3 is 2.79 bits per heavy atom. The molecule has 10 heteroatoms. The van der Waals surface area contributed by atoms with Crippen molar-refractivity contribution in [2.75, 3.05) is 6.61 Å². The Labute approximate surface area is 162 Å². The van der Waals surface area contributed by atoms with E-state index in [2.05, 4.69) is 20.5 Å². The summed E-state index contributed by atoms with van der Waals surface area (Å²) in [5.74, 6) is 1.82. The highest BCUT2D eigenvalue weighted by molar-refractivity contribution is 7.98. The van der Waals surface area contributed by atoms with Gasteiger partial charge in [0.05, 0.1) is 5.39 Å². The van der Waals surface area contributed by atoms with Gasteiger partial charge in [0, 0.05) is 0 Å². The van der Waals surface area contributed by atoms with E-state index >= 15 is 0 Å². The molecule has 9 nitrogen and oxygen atoms in total. The lowest BCUT2D eigenvalue weighted by Gasteiger charge is -2.23. The minimum atomic E-state index is -0.486. The number of rotatable bonds is 4. The minimum Gasteiger partial charge on any atom is -0.485 e. The van der Waals surface area contributed by atoms with E-state index in [4.69, 9.17) is 13.9 Å². The molecule has 3 heterocycles. The van der Waals surface area contributed by atoms with Crippen molar-refractivity contribution in [2.24, 2.45) is 0 Å². The number of benzene rings is 2. The summed E-state index contributed by atoms with van der Waals surface area (Å²) in [6, 6.07) is 14.5. The summed E-state index contributed by atoms with van der Waals surface area (Å²) in [4.78, 5) is 12.5. The van der Waals surface area contributed by atoms with Crippen molar-refractivity contribution in [1.82, 2.24) is 25.2 Å². The van der Waals surface area contributed by atoms with E-state index in [9.17, 15) is 4.79 Å². The maximum atomic E-state index is 12.5. The second-order valence-corrected chi connectivity index (χ2v) is 6.85. The van der Waals surface area contributed by atoms with E-state index in [0.717, 1.165) is 0 Å². The molecule has 1 aliphatic rings. The fourth-order valence-corrected chi connectivity index (χ4v) is 3.42. The lowest BCUT2D eigenvalue weighted by molar-refractivity contribution is 0.0686. The lowest BCUT2D eigenvalue weighted by atomic mass is 10.2. The van der Waals surface area contributed by atoms with E-state index in [-0.39, 0.29) is 18.0 Å². The van der Waals surface area contributed by atoms with Gasteiger partial charge in [-0.25, -0.2) is 0 Å². The van der Waals surface area contributed by atoms with E-state index in [1.54, 1.807) is 18.2 Å². The Morgan fingerprint density at radius 2 is 1.86 bits per heavy atom. The first-order valence-corrected chi connectivity index (χ1v) is 9.44. The molecule has 0 radical (unpaired) electrons. The second kappa shape index (κ2) is 6.97. The van der Waals surface area contributed by atoms with E-state index in [0.29, 0.717) is 33.5 Å². The molecular weight excluding hydrogens is 382 g/mol. The van der Waals surface area contributed by atoms with Gasteiger partial charge in [-0.2, -0.15) is 4.68 Å². The van der Waals surface area contributed by atoms with Gasteiger partial charge in [-0.1, -0.05) is 29.5 Å². The minimum absolute atomic E-state index is 0.198. The molecule has 0 unspecified atom stereocenters. The first kappa shape index (κ1) is 16.8. The molecule has 0 spiro atoms. The molecule has 4 aromatic rings. The number of ether oxygens (including phenoxy) is 2. The molecule has 0 fully saturated rings. The van der Waals surface area contributed by atoms with Gasteiger partial charge in [0.2, 0.25) is 6.10 Å². The van der Waals surface area contributed by atoms with Crippen molar-refractivity contribution >= 4 is 22.7 Å². The predicted molar refractivity (Wildman–Crippen MR) is 99.3 cm³/mol. The van der Waals surface area contributed by atoms with Crippen LogP contribution in [0.15, 0.2) is 63.0 Å². The zero-order valence-electron chi connectivity index (χ0n) is 14.4. The first-order valence-electron chi connectivity index (χ1n) is 8.45. The Hall–Kier alpha value is -3.40. The maximum Gasteiger partial charge on any atom is 0.278 e. The summed E-state index contributed by atoms with van der Waals surface area (Å²) in [5.41, 5.74) is 0.335. The molecule has 1 atom stereocenters. The normalized spacial score (nSPS) is 15.6. The molecule has 0 aliphatic carbocycles. The van der Waals surface area contributed by atoms with Crippen LogP contribution in [-0.2, 0) is 5.88 Å². The summed E-state index contributed by atoms with van der Waals surface area (Å²) in [5, 5.41) is 16.8. The van der Waals surface area contributed by atoms with Crippen LogP contribution in [-0.4, -0.2) is 31.8 Å². The van der Waals surface area contributed by atoms with E-state index in [1.165, 1.54) is 16.4 Å². The molecule has 0 bridgehead atoms. The van der Waals surface area contributed by atoms with Crippen LogP contribution in [0.25, 0.3) is 10.9 Å². The largest absolute Gasteiger partial charge is 0.485 e. The monoisotopic (exact) mass is 395 g/mol. The molecule has 1 aliphatic heterocycles. The fraction of sp³-hybridized carbons (Fsp3) is 0.167. The fourth-order valence-electron chi connectivity index (χ4n) is 2.77. The van der Waals surface area contributed by atoms with Crippen LogP contribution in [0, 0.1) is 0 Å². The number of nitrogens with zero attached hydrogens (tertiary/aromatic N) is 5. The number of thioether (sulfide) groups is 1. The highest BCUT2D eigenvalue weighted by Gasteiger charge is 2.27. The first-order chi connectivity index (χ1) is 13.8. The molecule has 0 saturated heterocycles. The molecule has 0 amide bonds. The molecule has 28 heavy (non-hydrogen) atoms. The third-order valence-electron chi connectivity index (χ3n) is 4.15. The average molecular weight is 395 g/mol. The summed E-state index contributed by atoms with van der Waals surface area (Å²) >= 11 is 1.19. The standard InChI is InChI=1S/C18H13N5O4S/c24-17-11-5-1-2-6-12(11)19-22-23(17)10-28-18-21-20-16(27-18)15-9-25-13-7-3-4-8-14(13)26-15/h1-8,15H,9-10H2/t15-/m1/s1. The average Bonchev–Trinajstić information content (AvgIpc) is 3.22. The predicted octanol–water partition coefficient (Wildman–Crippen LogP) is 2.44. The molecule has 0 N–H and O–H groups in total. The van der Waals surface area contributed by atoms with E-state index < -0.39 is 6.10 Å². The van der Waals surface area contributed by atoms with Gasteiger partial charge in [0.15, 0.2) is 11.5 Å². The third kappa shape index (κ3) is 3.07. The van der Waals surface area contributed by atoms with Crippen molar-refractivity contribution in [3.05, 3.63) is 64.8 Å². The summed E-state index contributed by atoms with van der Waals surface area (Å²) in [6.45, 7) is 0.277. The highest BCUT2D eigenvalue weighted by Crippen LogP contribution is 2.35. The van der Waals surface area contributed by atoms with Crippen molar-refractivity contribution in [3.8, 4) is 11.5 Å². The Balaban J connectivity index is 1.30.